The van der Waals surface area contributed by atoms with Gasteiger partial charge in [0.1, 0.15) is 0 Å². The molecule has 1 aromatic rings. The van der Waals surface area contributed by atoms with Crippen LogP contribution in [0.2, 0.25) is 0 Å². The first-order valence-corrected chi connectivity index (χ1v) is 5.01. The minimum absolute atomic E-state index is 0.242. The quantitative estimate of drug-likeness (QED) is 0.892. The lowest BCUT2D eigenvalue weighted by molar-refractivity contribution is 0.396. The number of hydrogen-bond acceptors (Lipinski definition) is 4. The van der Waals surface area contributed by atoms with Crippen LogP contribution in [0.15, 0.2) is 4.73 Å². The highest BCUT2D eigenvalue weighted by atomic mass is 79.9. The highest BCUT2D eigenvalue weighted by molar-refractivity contribution is 9.10. The number of halogens is 1. The first-order valence-electron chi connectivity index (χ1n) is 4.22. The summed E-state index contributed by atoms with van der Waals surface area (Å²) in [5, 5.41) is 12.8. The number of nitrogens with two attached hydrogens (primary N) is 1. The fourth-order valence-corrected chi connectivity index (χ4v) is 1.36. The molecule has 5 nitrogen and oxygen atoms in total. The third-order valence-corrected chi connectivity index (χ3v) is 2.48. The third kappa shape index (κ3) is 2.70. The van der Waals surface area contributed by atoms with Gasteiger partial charge in [0.15, 0.2) is 4.73 Å². The molecule has 0 spiro atoms. The molecule has 0 bridgehead atoms. The van der Waals surface area contributed by atoms with Crippen molar-refractivity contribution in [1.29, 1.82) is 5.26 Å². The summed E-state index contributed by atoms with van der Waals surface area (Å²) in [5.41, 5.74) is 5.07. The van der Waals surface area contributed by atoms with Crippen molar-refractivity contribution in [2.24, 2.45) is 5.41 Å². The molecule has 0 atom stereocenters. The van der Waals surface area contributed by atoms with E-state index in [1.165, 1.54) is 0 Å². The molecule has 0 radical (unpaired) electrons. The Bertz CT molecular complexity index is 362. The second-order valence-electron chi connectivity index (χ2n) is 3.71. The minimum Gasteiger partial charge on any atom is -0.366 e. The van der Waals surface area contributed by atoms with E-state index >= 15 is 0 Å². The van der Waals surface area contributed by atoms with E-state index in [0.717, 1.165) is 0 Å². The molecule has 0 unspecified atom stereocenters. The Balaban J connectivity index is 2.63. The number of aromatic nitrogens is 3. The van der Waals surface area contributed by atoms with Crippen molar-refractivity contribution in [2.45, 2.75) is 26.8 Å². The van der Waals surface area contributed by atoms with Crippen LogP contribution in [0.4, 0.5) is 5.95 Å². The van der Waals surface area contributed by atoms with Crippen LogP contribution in [-0.2, 0) is 6.54 Å². The van der Waals surface area contributed by atoms with Crippen molar-refractivity contribution in [3.05, 3.63) is 4.73 Å². The molecule has 1 rings (SSSR count). The molecular formula is C8H12BrN5. The predicted octanol–water partition coefficient (Wildman–Crippen LogP) is 1.56. The predicted molar refractivity (Wildman–Crippen MR) is 56.1 cm³/mol. The van der Waals surface area contributed by atoms with Crippen LogP contribution < -0.4 is 5.73 Å². The van der Waals surface area contributed by atoms with Crippen molar-refractivity contribution in [3.8, 4) is 6.07 Å². The van der Waals surface area contributed by atoms with Gasteiger partial charge in [0.25, 0.3) is 0 Å². The summed E-state index contributed by atoms with van der Waals surface area (Å²) in [4.78, 5) is 3.90. The molecule has 1 aromatic heterocycles. The van der Waals surface area contributed by atoms with E-state index in [4.69, 9.17) is 11.0 Å². The van der Waals surface area contributed by atoms with Gasteiger partial charge >= 0.3 is 0 Å². The van der Waals surface area contributed by atoms with Crippen LogP contribution in [-0.4, -0.2) is 14.8 Å². The fourth-order valence-electron chi connectivity index (χ4n) is 0.923. The fraction of sp³-hybridized carbons (Fsp3) is 0.625. The van der Waals surface area contributed by atoms with Crippen LogP contribution >= 0.6 is 15.9 Å². The molecule has 0 saturated heterocycles. The maximum absolute atomic E-state index is 8.81. The van der Waals surface area contributed by atoms with Crippen LogP contribution in [0.3, 0.4) is 0 Å². The highest BCUT2D eigenvalue weighted by Crippen LogP contribution is 2.20. The molecule has 0 saturated carbocycles. The van der Waals surface area contributed by atoms with Crippen molar-refractivity contribution < 1.29 is 0 Å². The van der Waals surface area contributed by atoms with E-state index in [1.807, 2.05) is 13.8 Å². The number of aryl methyl sites for hydroxylation is 1. The Morgan fingerprint density at radius 1 is 1.64 bits per heavy atom. The highest BCUT2D eigenvalue weighted by Gasteiger charge is 2.17. The summed E-state index contributed by atoms with van der Waals surface area (Å²) in [7, 11) is 0. The summed E-state index contributed by atoms with van der Waals surface area (Å²) in [5.74, 6) is 0.242. The van der Waals surface area contributed by atoms with Crippen molar-refractivity contribution in [3.63, 3.8) is 0 Å². The molecular weight excluding hydrogens is 246 g/mol. The summed E-state index contributed by atoms with van der Waals surface area (Å²) in [6, 6.07) is 2.23. The second-order valence-corrected chi connectivity index (χ2v) is 4.42. The second kappa shape index (κ2) is 3.96. The zero-order valence-electron chi connectivity index (χ0n) is 8.16. The molecule has 2 N–H and O–H groups in total. The smallest absolute Gasteiger partial charge is 0.240 e. The summed E-state index contributed by atoms with van der Waals surface area (Å²) >= 11 is 3.23. The number of nitrogens with zero attached hydrogens (tertiary/aromatic N) is 4. The Kier molecular flexibility index (Phi) is 3.11. The van der Waals surface area contributed by atoms with E-state index in [-0.39, 0.29) is 11.4 Å². The summed E-state index contributed by atoms with van der Waals surface area (Å²) < 4.78 is 2.25. The van der Waals surface area contributed by atoms with Gasteiger partial charge < -0.3 is 5.73 Å². The monoisotopic (exact) mass is 257 g/mol. The number of anilines is 1. The maximum Gasteiger partial charge on any atom is 0.240 e. The van der Waals surface area contributed by atoms with Gasteiger partial charge in [-0.2, -0.15) is 10.2 Å². The topological polar surface area (TPSA) is 80.5 Å². The number of nitrogen functional groups attached to an aromatic ring is 1. The normalized spacial score (nSPS) is 11.3. The Labute approximate surface area is 91.0 Å². The third-order valence-electron chi connectivity index (χ3n) is 1.89. The zero-order chi connectivity index (χ0) is 10.8. The maximum atomic E-state index is 8.81. The van der Waals surface area contributed by atoms with E-state index in [9.17, 15) is 0 Å². The zero-order valence-corrected chi connectivity index (χ0v) is 9.74. The van der Waals surface area contributed by atoms with Crippen LogP contribution in [0.5, 0.6) is 0 Å². The van der Waals surface area contributed by atoms with E-state index in [0.29, 0.717) is 17.7 Å². The van der Waals surface area contributed by atoms with Crippen molar-refractivity contribution >= 4 is 21.9 Å². The van der Waals surface area contributed by atoms with Gasteiger partial charge in [-0.3, -0.25) is 0 Å². The molecule has 0 amide bonds. The molecule has 1 heterocycles. The number of hydrogen-bond donors (Lipinski definition) is 1. The van der Waals surface area contributed by atoms with Crippen molar-refractivity contribution in [1.82, 2.24) is 14.8 Å². The molecule has 0 aliphatic carbocycles. The SMILES string of the molecule is CC(C)(C#N)CCn1nc(N)nc1Br. The molecule has 0 fully saturated rings. The van der Waals surface area contributed by atoms with E-state index < -0.39 is 0 Å². The molecule has 6 heteroatoms. The van der Waals surface area contributed by atoms with E-state index in [2.05, 4.69) is 32.1 Å². The first-order chi connectivity index (χ1) is 6.44. The average Bonchev–Trinajstić information content (AvgIpc) is 2.42. The minimum atomic E-state index is -0.347. The van der Waals surface area contributed by atoms with Crippen LogP contribution in [0, 0.1) is 16.7 Å². The van der Waals surface area contributed by atoms with Gasteiger partial charge in [-0.1, -0.05) is 0 Å². The molecule has 0 aromatic carbocycles. The van der Waals surface area contributed by atoms with E-state index in [1.54, 1.807) is 4.68 Å². The van der Waals surface area contributed by atoms with Gasteiger partial charge in [-0.25, -0.2) is 4.68 Å². The van der Waals surface area contributed by atoms with Gasteiger partial charge in [-0.05, 0) is 36.2 Å². The van der Waals surface area contributed by atoms with Crippen molar-refractivity contribution in [2.75, 3.05) is 5.73 Å². The molecule has 0 aliphatic rings. The van der Waals surface area contributed by atoms with Crippen LogP contribution in [0.25, 0.3) is 0 Å². The van der Waals surface area contributed by atoms with Gasteiger partial charge in [-0.15, -0.1) is 5.10 Å². The first kappa shape index (κ1) is 11.0. The largest absolute Gasteiger partial charge is 0.366 e. The summed E-state index contributed by atoms with van der Waals surface area (Å²) in [6.45, 7) is 4.41. The molecule has 14 heavy (non-hydrogen) atoms. The Hall–Kier alpha value is -1.09. The summed E-state index contributed by atoms with van der Waals surface area (Å²) in [6.07, 6.45) is 0.713. The number of rotatable bonds is 3. The lowest BCUT2D eigenvalue weighted by Gasteiger charge is -2.14. The Morgan fingerprint density at radius 3 is 2.71 bits per heavy atom. The molecule has 0 aliphatic heterocycles. The standard InChI is InChI=1S/C8H12BrN5/c1-8(2,5-10)3-4-14-6(9)12-7(11)13-14/h3-4H2,1-2H3,(H2,11,13). The molecule has 76 valence electrons. The lowest BCUT2D eigenvalue weighted by Crippen LogP contribution is -2.13. The van der Waals surface area contributed by atoms with Crippen LogP contribution in [0.1, 0.15) is 20.3 Å². The lowest BCUT2D eigenvalue weighted by atomic mass is 9.92. The van der Waals surface area contributed by atoms with Gasteiger partial charge in [0, 0.05) is 6.54 Å². The van der Waals surface area contributed by atoms with Gasteiger partial charge in [0.05, 0.1) is 11.5 Å². The number of nitriles is 1. The Morgan fingerprint density at radius 2 is 2.29 bits per heavy atom. The van der Waals surface area contributed by atoms with Gasteiger partial charge in [0.2, 0.25) is 5.95 Å². The average molecular weight is 258 g/mol.